The lowest BCUT2D eigenvalue weighted by atomic mass is 10.1. The van der Waals surface area contributed by atoms with Crippen molar-refractivity contribution in [2.24, 2.45) is 0 Å². The summed E-state index contributed by atoms with van der Waals surface area (Å²) in [5.74, 6) is 0.136. The summed E-state index contributed by atoms with van der Waals surface area (Å²) in [6, 6.07) is 15.6. The number of benzene rings is 2. The van der Waals surface area contributed by atoms with Crippen molar-refractivity contribution in [2.75, 3.05) is 5.32 Å². The Balaban J connectivity index is 1.53. The third-order valence-corrected chi connectivity index (χ3v) is 4.55. The fourth-order valence-electron chi connectivity index (χ4n) is 2.77. The number of rotatable bonds is 4. The van der Waals surface area contributed by atoms with Crippen LogP contribution < -0.4 is 5.32 Å². The van der Waals surface area contributed by atoms with Gasteiger partial charge in [-0.05, 0) is 30.7 Å². The summed E-state index contributed by atoms with van der Waals surface area (Å²) in [7, 11) is 0. The second kappa shape index (κ2) is 6.76. The minimum absolute atomic E-state index is 0.243. The van der Waals surface area contributed by atoms with Crippen molar-refractivity contribution in [3.63, 3.8) is 0 Å². The van der Waals surface area contributed by atoms with Gasteiger partial charge in [-0.25, -0.2) is 9.67 Å². The molecule has 0 atom stereocenters. The predicted octanol–water partition coefficient (Wildman–Crippen LogP) is 4.40. The maximum absolute atomic E-state index is 12.6. The van der Waals surface area contributed by atoms with Gasteiger partial charge in [-0.3, -0.25) is 10.1 Å². The molecule has 0 fully saturated rings. The molecule has 130 valence electrons. The van der Waals surface area contributed by atoms with E-state index >= 15 is 0 Å². The molecule has 0 aliphatic carbocycles. The van der Waals surface area contributed by atoms with Gasteiger partial charge in [0.1, 0.15) is 11.9 Å². The van der Waals surface area contributed by atoms with Crippen LogP contribution in [-0.2, 0) is 6.54 Å². The van der Waals surface area contributed by atoms with Crippen molar-refractivity contribution in [1.82, 2.24) is 14.8 Å². The maximum Gasteiger partial charge on any atom is 0.294 e. The largest absolute Gasteiger partial charge is 0.451 e. The van der Waals surface area contributed by atoms with Crippen molar-refractivity contribution in [2.45, 2.75) is 13.5 Å². The molecule has 2 aromatic carbocycles. The van der Waals surface area contributed by atoms with Gasteiger partial charge < -0.3 is 4.42 Å². The van der Waals surface area contributed by atoms with Gasteiger partial charge in [0.05, 0.1) is 6.54 Å². The topological polar surface area (TPSA) is 73.0 Å². The van der Waals surface area contributed by atoms with Gasteiger partial charge in [-0.15, -0.1) is 5.10 Å². The quantitative estimate of drug-likeness (QED) is 0.541. The molecule has 7 heteroatoms. The summed E-state index contributed by atoms with van der Waals surface area (Å²) < 4.78 is 8.30. The number of furan rings is 1. The van der Waals surface area contributed by atoms with Gasteiger partial charge in [0, 0.05) is 15.4 Å². The average Bonchev–Trinajstić information content (AvgIpc) is 3.20. The van der Waals surface area contributed by atoms with Crippen LogP contribution in [0.25, 0.3) is 11.0 Å². The number of nitrogens with zero attached hydrogens (tertiary/aromatic N) is 3. The number of halogens is 1. The highest BCUT2D eigenvalue weighted by Gasteiger charge is 2.19. The molecule has 0 aliphatic heterocycles. The summed E-state index contributed by atoms with van der Waals surface area (Å²) in [4.78, 5) is 16.7. The lowest BCUT2D eigenvalue weighted by molar-refractivity contribution is 0.0997. The fourth-order valence-corrected chi connectivity index (χ4v) is 3.13. The number of anilines is 1. The summed E-state index contributed by atoms with van der Waals surface area (Å²) in [5.41, 5.74) is 2.55. The minimum Gasteiger partial charge on any atom is -0.451 e. The van der Waals surface area contributed by atoms with Gasteiger partial charge in [-0.1, -0.05) is 46.3 Å². The van der Waals surface area contributed by atoms with Crippen LogP contribution in [0.4, 0.5) is 5.95 Å². The van der Waals surface area contributed by atoms with Crippen LogP contribution in [0, 0.1) is 6.92 Å². The first-order valence-electron chi connectivity index (χ1n) is 8.03. The molecule has 0 spiro atoms. The molecule has 4 rings (SSSR count). The number of hydrogen-bond donors (Lipinski definition) is 1. The molecule has 0 saturated carbocycles. The number of carbonyl (C=O) groups is 1. The number of fused-ring (bicyclic) bond motifs is 1. The molecular weight excluding hydrogens is 396 g/mol. The smallest absolute Gasteiger partial charge is 0.294 e. The summed E-state index contributed by atoms with van der Waals surface area (Å²) >= 11 is 3.43. The molecule has 0 saturated heterocycles. The first-order valence-corrected chi connectivity index (χ1v) is 8.83. The van der Waals surface area contributed by atoms with E-state index in [0.29, 0.717) is 12.1 Å². The van der Waals surface area contributed by atoms with Gasteiger partial charge in [-0.2, -0.15) is 0 Å². The van der Waals surface area contributed by atoms with E-state index in [4.69, 9.17) is 4.42 Å². The summed E-state index contributed by atoms with van der Waals surface area (Å²) in [5, 5.41) is 7.88. The third kappa shape index (κ3) is 3.25. The van der Waals surface area contributed by atoms with Crippen LogP contribution >= 0.6 is 15.9 Å². The second-order valence-corrected chi connectivity index (χ2v) is 6.82. The average molecular weight is 411 g/mol. The Morgan fingerprint density at radius 2 is 2.04 bits per heavy atom. The maximum atomic E-state index is 12.6. The highest BCUT2D eigenvalue weighted by atomic mass is 79.9. The standard InChI is InChI=1S/C19H15BrN4O2/c1-12-15-9-14(20)7-8-16(15)26-17(12)18(25)22-19-21-11-24(23-19)10-13-5-3-2-4-6-13/h2-9,11H,10H2,1H3,(H,22,23,25). The molecule has 26 heavy (non-hydrogen) atoms. The van der Waals surface area contributed by atoms with Gasteiger partial charge in [0.2, 0.25) is 5.95 Å². The molecule has 4 aromatic rings. The molecule has 2 heterocycles. The van der Waals surface area contributed by atoms with Crippen molar-refractivity contribution in [1.29, 1.82) is 0 Å². The van der Waals surface area contributed by atoms with Gasteiger partial charge in [0.25, 0.3) is 5.91 Å². The zero-order valence-corrected chi connectivity index (χ0v) is 15.5. The van der Waals surface area contributed by atoms with Gasteiger partial charge in [0.15, 0.2) is 5.76 Å². The number of hydrogen-bond acceptors (Lipinski definition) is 4. The number of amides is 1. The number of nitrogens with one attached hydrogen (secondary N) is 1. The van der Waals surface area contributed by atoms with E-state index in [9.17, 15) is 4.79 Å². The van der Waals surface area contributed by atoms with Gasteiger partial charge >= 0.3 is 0 Å². The normalized spacial score (nSPS) is 11.0. The number of aromatic nitrogens is 3. The van der Waals surface area contributed by atoms with Crippen LogP contribution in [0.5, 0.6) is 0 Å². The zero-order valence-electron chi connectivity index (χ0n) is 13.9. The van der Waals surface area contributed by atoms with E-state index in [2.05, 4.69) is 31.3 Å². The molecular formula is C19H15BrN4O2. The Morgan fingerprint density at radius 1 is 1.23 bits per heavy atom. The Morgan fingerprint density at radius 3 is 2.85 bits per heavy atom. The van der Waals surface area contributed by atoms with E-state index < -0.39 is 0 Å². The summed E-state index contributed by atoms with van der Waals surface area (Å²) in [6.07, 6.45) is 1.59. The van der Waals surface area contributed by atoms with Crippen LogP contribution in [0.15, 0.2) is 63.7 Å². The zero-order chi connectivity index (χ0) is 18.1. The Kier molecular flexibility index (Phi) is 4.30. The van der Waals surface area contributed by atoms with Crippen molar-refractivity contribution in [3.8, 4) is 0 Å². The molecule has 1 N–H and O–H groups in total. The first kappa shape index (κ1) is 16.5. The predicted molar refractivity (Wildman–Crippen MR) is 102 cm³/mol. The van der Waals surface area contributed by atoms with Crippen molar-refractivity contribution >= 4 is 38.8 Å². The lowest BCUT2D eigenvalue weighted by Crippen LogP contribution is -2.13. The van der Waals surface area contributed by atoms with Crippen LogP contribution in [0.2, 0.25) is 0 Å². The first-order chi connectivity index (χ1) is 12.6. The highest BCUT2D eigenvalue weighted by Crippen LogP contribution is 2.28. The lowest BCUT2D eigenvalue weighted by Gasteiger charge is -2.01. The number of aryl methyl sites for hydroxylation is 1. The van der Waals surface area contributed by atoms with Crippen LogP contribution in [0.3, 0.4) is 0 Å². The van der Waals surface area contributed by atoms with Crippen molar-refractivity contribution < 1.29 is 9.21 Å². The molecule has 0 unspecified atom stereocenters. The monoisotopic (exact) mass is 410 g/mol. The molecule has 0 aliphatic rings. The van der Waals surface area contributed by atoms with E-state index in [1.165, 1.54) is 0 Å². The Labute approximate surface area is 158 Å². The van der Waals surface area contributed by atoms with E-state index in [0.717, 1.165) is 21.0 Å². The molecule has 0 bridgehead atoms. The molecule has 2 aromatic heterocycles. The molecule has 0 radical (unpaired) electrons. The Bertz CT molecular complexity index is 1090. The third-order valence-electron chi connectivity index (χ3n) is 4.05. The highest BCUT2D eigenvalue weighted by molar-refractivity contribution is 9.10. The Hall–Kier alpha value is -2.93. The van der Waals surface area contributed by atoms with E-state index in [-0.39, 0.29) is 17.6 Å². The minimum atomic E-state index is -0.368. The fraction of sp³-hybridized carbons (Fsp3) is 0.105. The number of carbonyl (C=O) groups excluding carboxylic acids is 1. The van der Waals surface area contributed by atoms with E-state index in [1.54, 1.807) is 11.0 Å². The van der Waals surface area contributed by atoms with Crippen molar-refractivity contribution in [3.05, 3.63) is 76.2 Å². The van der Waals surface area contributed by atoms with Crippen LogP contribution in [0.1, 0.15) is 21.7 Å². The van der Waals surface area contributed by atoms with Crippen LogP contribution in [-0.4, -0.2) is 20.7 Å². The van der Waals surface area contributed by atoms with E-state index in [1.807, 2.05) is 55.5 Å². The molecule has 6 nitrogen and oxygen atoms in total. The SMILES string of the molecule is Cc1c(C(=O)Nc2ncn(Cc3ccccc3)n2)oc2ccc(Br)cc12. The molecule has 1 amide bonds. The summed E-state index contributed by atoms with van der Waals surface area (Å²) in [6.45, 7) is 2.44. The second-order valence-electron chi connectivity index (χ2n) is 5.90.